The highest BCUT2D eigenvalue weighted by Crippen LogP contribution is 2.36. The molecule has 1 aromatic rings. The quantitative estimate of drug-likeness (QED) is 0.857. The van der Waals surface area contributed by atoms with E-state index < -0.39 is 0 Å². The topological polar surface area (TPSA) is 55.6 Å². The first kappa shape index (κ1) is 18.9. The fourth-order valence-electron chi connectivity index (χ4n) is 4.72. The van der Waals surface area contributed by atoms with Crippen molar-refractivity contribution in [1.29, 1.82) is 0 Å². The van der Waals surface area contributed by atoms with Gasteiger partial charge in [-0.1, -0.05) is 18.2 Å². The number of hydrogen-bond donors (Lipinski definition) is 1. The summed E-state index contributed by atoms with van der Waals surface area (Å²) in [5.74, 6) is 0.705. The number of nitrogens with zero attached hydrogens (tertiary/aromatic N) is 1. The average molecular weight is 375 g/mol. The maximum atomic E-state index is 14.0. The van der Waals surface area contributed by atoms with Crippen LogP contribution in [0.15, 0.2) is 24.3 Å². The second-order valence-electron chi connectivity index (χ2n) is 8.51. The smallest absolute Gasteiger partial charge is 0.226 e. The zero-order valence-electron chi connectivity index (χ0n) is 16.0. The van der Waals surface area contributed by atoms with Crippen LogP contribution in [0.25, 0.3) is 0 Å². The standard InChI is InChI=1S/C22H31FN2O2/c23-19-5-2-1-4-18(19)15-9-11-17(12-10-15)27-14-21-20(24)6-3-13-25(21)22(26)16-7-8-16/h1-2,4-5,15-17,20-21H,3,6-14,24H2/t15-,17+,20-,21-/m0/s1. The molecule has 0 bridgehead atoms. The summed E-state index contributed by atoms with van der Waals surface area (Å²) in [4.78, 5) is 14.6. The first-order valence-electron chi connectivity index (χ1n) is 10.6. The lowest BCUT2D eigenvalue weighted by molar-refractivity contribution is -0.139. The zero-order valence-corrected chi connectivity index (χ0v) is 16.0. The van der Waals surface area contributed by atoms with E-state index in [-0.39, 0.29) is 41.7 Å². The second kappa shape index (κ2) is 8.27. The van der Waals surface area contributed by atoms with E-state index in [0.29, 0.717) is 6.61 Å². The molecule has 1 amide bonds. The van der Waals surface area contributed by atoms with Gasteiger partial charge in [-0.2, -0.15) is 0 Å². The van der Waals surface area contributed by atoms with Crippen LogP contribution in [0.2, 0.25) is 0 Å². The molecular weight excluding hydrogens is 343 g/mol. The Kier molecular flexibility index (Phi) is 5.79. The molecule has 5 heteroatoms. The van der Waals surface area contributed by atoms with Gasteiger partial charge in [-0.3, -0.25) is 4.79 Å². The van der Waals surface area contributed by atoms with Gasteiger partial charge in [0, 0.05) is 18.5 Å². The van der Waals surface area contributed by atoms with Crippen molar-refractivity contribution in [2.75, 3.05) is 13.2 Å². The molecule has 1 heterocycles. The minimum Gasteiger partial charge on any atom is -0.376 e. The number of halogens is 1. The average Bonchev–Trinajstić information content (AvgIpc) is 3.53. The lowest BCUT2D eigenvalue weighted by Gasteiger charge is -2.41. The van der Waals surface area contributed by atoms with Gasteiger partial charge < -0.3 is 15.4 Å². The Morgan fingerprint density at radius 2 is 1.85 bits per heavy atom. The Hall–Kier alpha value is -1.46. The molecular formula is C22H31FN2O2. The van der Waals surface area contributed by atoms with E-state index in [2.05, 4.69) is 0 Å². The number of rotatable bonds is 5. The van der Waals surface area contributed by atoms with Crippen LogP contribution >= 0.6 is 0 Å². The molecule has 4 nitrogen and oxygen atoms in total. The number of carbonyl (C=O) groups excluding carboxylic acids is 1. The molecule has 3 fully saturated rings. The van der Waals surface area contributed by atoms with Crippen LogP contribution in [-0.2, 0) is 9.53 Å². The number of amides is 1. The summed E-state index contributed by atoms with van der Waals surface area (Å²) in [7, 11) is 0. The first-order chi connectivity index (χ1) is 13.1. The van der Waals surface area contributed by atoms with E-state index in [4.69, 9.17) is 10.5 Å². The lowest BCUT2D eigenvalue weighted by Crippen LogP contribution is -2.57. The van der Waals surface area contributed by atoms with Gasteiger partial charge in [-0.25, -0.2) is 4.39 Å². The zero-order chi connectivity index (χ0) is 18.8. The Labute approximate surface area is 161 Å². The van der Waals surface area contributed by atoms with E-state index in [1.807, 2.05) is 17.0 Å². The molecule has 0 aromatic heterocycles. The van der Waals surface area contributed by atoms with Crippen LogP contribution in [0.5, 0.6) is 0 Å². The molecule has 148 valence electrons. The predicted octanol–water partition coefficient (Wildman–Crippen LogP) is 3.60. The van der Waals surface area contributed by atoms with Crippen molar-refractivity contribution in [3.63, 3.8) is 0 Å². The van der Waals surface area contributed by atoms with Crippen molar-refractivity contribution in [3.8, 4) is 0 Å². The van der Waals surface area contributed by atoms with Crippen LogP contribution in [0.4, 0.5) is 4.39 Å². The number of nitrogens with two attached hydrogens (primary N) is 1. The molecule has 2 atom stereocenters. The molecule has 2 N–H and O–H groups in total. The second-order valence-corrected chi connectivity index (χ2v) is 8.51. The van der Waals surface area contributed by atoms with Crippen molar-refractivity contribution in [3.05, 3.63) is 35.6 Å². The van der Waals surface area contributed by atoms with E-state index in [1.54, 1.807) is 12.1 Å². The minimum atomic E-state index is -0.0933. The normalized spacial score (nSPS) is 31.7. The fourth-order valence-corrected chi connectivity index (χ4v) is 4.72. The Morgan fingerprint density at radius 3 is 2.56 bits per heavy atom. The van der Waals surface area contributed by atoms with Crippen LogP contribution in [-0.4, -0.2) is 42.1 Å². The summed E-state index contributed by atoms with van der Waals surface area (Å²) in [6, 6.07) is 7.14. The minimum absolute atomic E-state index is 0.0103. The molecule has 0 unspecified atom stereocenters. The Bertz CT molecular complexity index is 655. The molecule has 2 saturated carbocycles. The summed E-state index contributed by atoms with van der Waals surface area (Å²) < 4.78 is 20.2. The Balaban J connectivity index is 1.29. The van der Waals surface area contributed by atoms with E-state index in [1.165, 1.54) is 0 Å². The summed E-state index contributed by atoms with van der Waals surface area (Å²) in [5, 5.41) is 0. The number of hydrogen-bond acceptors (Lipinski definition) is 3. The number of ether oxygens (including phenoxy) is 1. The fraction of sp³-hybridized carbons (Fsp3) is 0.682. The summed E-state index contributed by atoms with van der Waals surface area (Å²) in [6.45, 7) is 1.35. The highest BCUT2D eigenvalue weighted by Gasteiger charge is 2.40. The maximum Gasteiger partial charge on any atom is 0.226 e. The van der Waals surface area contributed by atoms with Crippen molar-refractivity contribution in [2.45, 2.75) is 75.5 Å². The third-order valence-corrected chi connectivity index (χ3v) is 6.56. The monoisotopic (exact) mass is 374 g/mol. The molecule has 3 aliphatic rings. The SMILES string of the molecule is N[C@H]1CCCN(C(=O)C2CC2)[C@H]1CO[C@H]1CC[C@@H](c2ccccc2F)CC1. The third kappa shape index (κ3) is 4.35. The summed E-state index contributed by atoms with van der Waals surface area (Å²) in [5.41, 5.74) is 7.18. The van der Waals surface area contributed by atoms with Gasteiger partial charge >= 0.3 is 0 Å². The Morgan fingerprint density at radius 1 is 1.11 bits per heavy atom. The van der Waals surface area contributed by atoms with Crippen LogP contribution in [0, 0.1) is 11.7 Å². The van der Waals surface area contributed by atoms with Crippen LogP contribution in [0.3, 0.4) is 0 Å². The van der Waals surface area contributed by atoms with E-state index >= 15 is 0 Å². The number of likely N-dealkylation sites (tertiary alicyclic amines) is 1. The molecule has 0 radical (unpaired) electrons. The van der Waals surface area contributed by atoms with Crippen molar-refractivity contribution < 1.29 is 13.9 Å². The first-order valence-corrected chi connectivity index (χ1v) is 10.6. The van der Waals surface area contributed by atoms with Gasteiger partial charge in [0.25, 0.3) is 0 Å². The molecule has 4 rings (SSSR count). The largest absolute Gasteiger partial charge is 0.376 e. The predicted molar refractivity (Wildman–Crippen MR) is 103 cm³/mol. The van der Waals surface area contributed by atoms with Crippen LogP contribution in [0.1, 0.15) is 62.8 Å². The molecule has 2 aliphatic carbocycles. The number of piperidine rings is 1. The van der Waals surface area contributed by atoms with Gasteiger partial charge in [-0.15, -0.1) is 0 Å². The van der Waals surface area contributed by atoms with Crippen molar-refractivity contribution in [2.24, 2.45) is 11.7 Å². The van der Waals surface area contributed by atoms with Gasteiger partial charge in [0.15, 0.2) is 0 Å². The van der Waals surface area contributed by atoms with Gasteiger partial charge in [0.05, 0.1) is 18.8 Å². The number of carbonyl (C=O) groups is 1. The number of benzene rings is 1. The third-order valence-electron chi connectivity index (χ3n) is 6.56. The van der Waals surface area contributed by atoms with Gasteiger partial charge in [0.2, 0.25) is 5.91 Å². The van der Waals surface area contributed by atoms with Crippen molar-refractivity contribution >= 4 is 5.91 Å². The van der Waals surface area contributed by atoms with E-state index in [0.717, 1.165) is 63.5 Å². The summed E-state index contributed by atoms with van der Waals surface area (Å²) >= 11 is 0. The maximum absolute atomic E-state index is 14.0. The molecule has 1 aliphatic heterocycles. The van der Waals surface area contributed by atoms with Crippen molar-refractivity contribution in [1.82, 2.24) is 4.90 Å². The highest BCUT2D eigenvalue weighted by atomic mass is 19.1. The summed E-state index contributed by atoms with van der Waals surface area (Å²) in [6.07, 6.45) is 7.98. The molecule has 0 spiro atoms. The van der Waals surface area contributed by atoms with Crippen LogP contribution < -0.4 is 5.73 Å². The molecule has 1 saturated heterocycles. The van der Waals surface area contributed by atoms with Gasteiger partial charge in [0.1, 0.15) is 5.82 Å². The highest BCUT2D eigenvalue weighted by molar-refractivity contribution is 5.81. The van der Waals surface area contributed by atoms with Gasteiger partial charge in [-0.05, 0) is 68.9 Å². The molecule has 1 aromatic carbocycles. The van der Waals surface area contributed by atoms with E-state index in [9.17, 15) is 9.18 Å². The lowest BCUT2D eigenvalue weighted by atomic mass is 9.82. The molecule has 27 heavy (non-hydrogen) atoms.